The smallest absolute Gasteiger partial charge is 0.401 e. The lowest BCUT2D eigenvalue weighted by Crippen LogP contribution is -2.44. The highest BCUT2D eigenvalue weighted by Crippen LogP contribution is 2.21. The van der Waals surface area contributed by atoms with Crippen LogP contribution in [-0.2, 0) is 33.1 Å². The van der Waals surface area contributed by atoms with Crippen LogP contribution >= 0.6 is 11.8 Å². The second-order valence-corrected chi connectivity index (χ2v) is 8.32. The van der Waals surface area contributed by atoms with Crippen LogP contribution in [0.3, 0.4) is 0 Å². The topological polar surface area (TPSA) is 148 Å². The van der Waals surface area contributed by atoms with Gasteiger partial charge in [-0.15, -0.1) is 0 Å². The van der Waals surface area contributed by atoms with Gasteiger partial charge >= 0.3 is 16.4 Å². The first-order valence-corrected chi connectivity index (χ1v) is 10.6. The van der Waals surface area contributed by atoms with Crippen LogP contribution in [0.4, 0.5) is 0 Å². The number of rotatable bonds is 11. The molecular formula is C14H24N2O8S2. The average Bonchev–Trinajstić information content (AvgIpc) is 2.86. The predicted octanol–water partition coefficient (Wildman–Crippen LogP) is -0.498. The van der Waals surface area contributed by atoms with Gasteiger partial charge in [-0.25, -0.2) is 13.2 Å². The third-order valence-corrected chi connectivity index (χ3v) is 5.19. The van der Waals surface area contributed by atoms with Crippen molar-refractivity contribution in [2.75, 3.05) is 24.6 Å². The van der Waals surface area contributed by atoms with E-state index in [9.17, 15) is 22.8 Å². The van der Waals surface area contributed by atoms with Crippen LogP contribution in [0.5, 0.6) is 0 Å². The quantitative estimate of drug-likeness (QED) is 0.382. The van der Waals surface area contributed by atoms with Crippen LogP contribution < -0.4 is 10.6 Å². The Morgan fingerprint density at radius 3 is 2.38 bits per heavy atom. The molecule has 3 N–H and O–H groups in total. The van der Waals surface area contributed by atoms with E-state index in [-0.39, 0.29) is 12.5 Å². The van der Waals surface area contributed by atoms with E-state index in [1.807, 2.05) is 0 Å². The van der Waals surface area contributed by atoms with Crippen LogP contribution in [0.15, 0.2) is 0 Å². The number of carbonyl (C=O) groups excluding carboxylic acids is 2. The van der Waals surface area contributed by atoms with Gasteiger partial charge in [0.25, 0.3) is 5.91 Å². The summed E-state index contributed by atoms with van der Waals surface area (Å²) in [5, 5.41) is 14.1. The SMILES string of the molecule is CC(C)CCNC(=O)CSCCCNC(=O)[C@H]1OS(=O)(=O)O[C@@H]1C(=O)O. The van der Waals surface area contributed by atoms with Gasteiger partial charge in [0.2, 0.25) is 12.0 Å². The van der Waals surface area contributed by atoms with E-state index < -0.39 is 34.5 Å². The molecule has 1 rings (SSSR count). The predicted molar refractivity (Wildman–Crippen MR) is 93.7 cm³/mol. The van der Waals surface area contributed by atoms with Crippen molar-refractivity contribution in [1.29, 1.82) is 0 Å². The summed E-state index contributed by atoms with van der Waals surface area (Å²) in [5.41, 5.74) is 0. The molecule has 1 heterocycles. The molecule has 1 aliphatic rings. The molecule has 2 atom stereocenters. The van der Waals surface area contributed by atoms with Crippen molar-refractivity contribution in [3.63, 3.8) is 0 Å². The molecule has 1 saturated heterocycles. The Bertz CT molecular complexity index is 608. The number of carboxylic acid groups (broad SMARTS) is 1. The van der Waals surface area contributed by atoms with Crippen molar-refractivity contribution in [3.05, 3.63) is 0 Å². The van der Waals surface area contributed by atoms with Crippen LogP contribution in [0.1, 0.15) is 26.7 Å². The Hall–Kier alpha value is -1.37. The maximum Gasteiger partial charge on any atom is 0.401 e. The molecule has 12 heteroatoms. The molecule has 0 bridgehead atoms. The van der Waals surface area contributed by atoms with Gasteiger partial charge in [0.15, 0.2) is 6.10 Å². The third-order valence-electron chi connectivity index (χ3n) is 3.26. The zero-order chi connectivity index (χ0) is 19.7. The van der Waals surface area contributed by atoms with Crippen molar-refractivity contribution >= 4 is 39.9 Å². The van der Waals surface area contributed by atoms with Gasteiger partial charge in [-0.2, -0.15) is 20.2 Å². The van der Waals surface area contributed by atoms with Gasteiger partial charge in [0, 0.05) is 13.1 Å². The molecule has 0 saturated carbocycles. The monoisotopic (exact) mass is 412 g/mol. The molecule has 26 heavy (non-hydrogen) atoms. The number of aliphatic carboxylic acids is 1. The van der Waals surface area contributed by atoms with Crippen LogP contribution in [0, 0.1) is 5.92 Å². The summed E-state index contributed by atoms with van der Waals surface area (Å²) >= 11 is 1.40. The fourth-order valence-electron chi connectivity index (χ4n) is 1.93. The summed E-state index contributed by atoms with van der Waals surface area (Å²) in [6.45, 7) is 4.98. The lowest BCUT2D eigenvalue weighted by molar-refractivity contribution is -0.149. The summed E-state index contributed by atoms with van der Waals surface area (Å²) in [6, 6.07) is 0. The van der Waals surface area contributed by atoms with Gasteiger partial charge in [-0.3, -0.25) is 9.59 Å². The summed E-state index contributed by atoms with van der Waals surface area (Å²) in [4.78, 5) is 34.3. The minimum atomic E-state index is -4.49. The van der Waals surface area contributed by atoms with Crippen molar-refractivity contribution in [2.24, 2.45) is 5.92 Å². The molecule has 0 aliphatic carbocycles. The largest absolute Gasteiger partial charge is 0.479 e. The zero-order valence-electron chi connectivity index (χ0n) is 14.6. The molecule has 1 aliphatic heterocycles. The van der Waals surface area contributed by atoms with E-state index in [0.717, 1.165) is 6.42 Å². The number of thioether (sulfide) groups is 1. The minimum Gasteiger partial charge on any atom is -0.479 e. The maximum atomic E-state index is 11.8. The normalized spacial score (nSPS) is 21.5. The first-order chi connectivity index (χ1) is 12.1. The number of hydrogen-bond acceptors (Lipinski definition) is 8. The Morgan fingerprint density at radius 2 is 1.77 bits per heavy atom. The highest BCUT2D eigenvalue weighted by molar-refractivity contribution is 7.99. The number of carboxylic acids is 1. The van der Waals surface area contributed by atoms with Crippen molar-refractivity contribution < 1.29 is 36.3 Å². The molecule has 0 radical (unpaired) electrons. The fourth-order valence-corrected chi connectivity index (χ4v) is 3.64. The molecule has 0 unspecified atom stereocenters. The van der Waals surface area contributed by atoms with Crippen molar-refractivity contribution in [1.82, 2.24) is 10.6 Å². The lowest BCUT2D eigenvalue weighted by Gasteiger charge is -2.11. The number of hydrogen-bond donors (Lipinski definition) is 3. The molecule has 0 aromatic heterocycles. The van der Waals surface area contributed by atoms with Gasteiger partial charge in [0.05, 0.1) is 5.75 Å². The molecule has 0 spiro atoms. The van der Waals surface area contributed by atoms with Gasteiger partial charge in [-0.05, 0) is 24.5 Å². The molecule has 10 nitrogen and oxygen atoms in total. The van der Waals surface area contributed by atoms with Gasteiger partial charge in [-0.1, -0.05) is 13.8 Å². The Labute approximate surface area is 156 Å². The van der Waals surface area contributed by atoms with Gasteiger partial charge in [0.1, 0.15) is 0 Å². The Balaban J connectivity index is 2.18. The van der Waals surface area contributed by atoms with E-state index in [2.05, 4.69) is 32.8 Å². The van der Waals surface area contributed by atoms with Crippen molar-refractivity contribution in [3.8, 4) is 0 Å². The lowest BCUT2D eigenvalue weighted by atomic mass is 10.1. The summed E-state index contributed by atoms with van der Waals surface area (Å²) in [6.07, 6.45) is -2.21. The third kappa shape index (κ3) is 8.34. The maximum absolute atomic E-state index is 11.8. The molecule has 0 aromatic carbocycles. The number of amides is 2. The average molecular weight is 412 g/mol. The Kier molecular flexibility index (Phi) is 9.33. The highest BCUT2D eigenvalue weighted by Gasteiger charge is 2.48. The summed E-state index contributed by atoms with van der Waals surface area (Å²) in [5.74, 6) is -1.10. The number of nitrogens with one attached hydrogen (secondary N) is 2. The van der Waals surface area contributed by atoms with Crippen LogP contribution in [0.25, 0.3) is 0 Å². The van der Waals surface area contributed by atoms with Crippen LogP contribution in [-0.4, -0.2) is 68.1 Å². The molecular weight excluding hydrogens is 388 g/mol. The molecule has 0 aromatic rings. The van der Waals surface area contributed by atoms with E-state index in [4.69, 9.17) is 5.11 Å². The minimum absolute atomic E-state index is 0.0503. The van der Waals surface area contributed by atoms with E-state index in [1.165, 1.54) is 11.8 Å². The second-order valence-electron chi connectivity index (χ2n) is 6.01. The molecule has 150 valence electrons. The van der Waals surface area contributed by atoms with Crippen LogP contribution in [0.2, 0.25) is 0 Å². The fraction of sp³-hybridized carbons (Fsp3) is 0.786. The van der Waals surface area contributed by atoms with E-state index in [0.29, 0.717) is 30.4 Å². The van der Waals surface area contributed by atoms with Gasteiger partial charge < -0.3 is 15.7 Å². The summed E-state index contributed by atoms with van der Waals surface area (Å²) in [7, 11) is -4.49. The molecule has 1 fully saturated rings. The van der Waals surface area contributed by atoms with E-state index >= 15 is 0 Å². The highest BCUT2D eigenvalue weighted by atomic mass is 32.3. The van der Waals surface area contributed by atoms with E-state index in [1.54, 1.807) is 0 Å². The zero-order valence-corrected chi connectivity index (χ0v) is 16.2. The second kappa shape index (κ2) is 10.7. The summed E-state index contributed by atoms with van der Waals surface area (Å²) < 4.78 is 30.8. The standard InChI is InChI=1S/C14H24N2O8S2/c1-9(2)4-6-15-10(17)8-25-7-3-5-16-13(18)11-12(14(19)20)24-26(21,22)23-11/h9,11-12H,3-8H2,1-2H3,(H,15,17)(H,16,18)(H,19,20)/t11-,12-/m0/s1. The first-order valence-electron chi connectivity index (χ1n) is 8.09. The Morgan fingerprint density at radius 1 is 1.12 bits per heavy atom. The molecule has 2 amide bonds. The first kappa shape index (κ1) is 22.7. The number of carbonyl (C=O) groups is 3. The van der Waals surface area contributed by atoms with Crippen molar-refractivity contribution in [2.45, 2.75) is 38.9 Å².